The average Bonchev–Trinajstić information content (AvgIpc) is 3.24. The van der Waals surface area contributed by atoms with E-state index in [-0.39, 0.29) is 35.5 Å². The van der Waals surface area contributed by atoms with E-state index in [1.807, 2.05) is 13.8 Å². The molecule has 2 aliphatic carbocycles. The van der Waals surface area contributed by atoms with Crippen LogP contribution in [-0.2, 0) is 14.3 Å². The molecule has 5 nitrogen and oxygen atoms in total. The maximum Gasteiger partial charge on any atom is 0.337 e. The van der Waals surface area contributed by atoms with Crippen molar-refractivity contribution in [2.75, 3.05) is 12.0 Å². The molecule has 4 atom stereocenters. The Kier molecular flexibility index (Phi) is 3.42. The molecule has 1 aromatic rings. The highest BCUT2D eigenvalue weighted by Gasteiger charge is 2.61. The molecule has 2 amide bonds. The number of hydrogen-bond acceptors (Lipinski definition) is 4. The van der Waals surface area contributed by atoms with Crippen LogP contribution in [0.15, 0.2) is 47.6 Å². The first-order chi connectivity index (χ1) is 12.0. The first kappa shape index (κ1) is 15.8. The van der Waals surface area contributed by atoms with Gasteiger partial charge in [-0.05, 0) is 32.0 Å². The van der Waals surface area contributed by atoms with Crippen LogP contribution in [0.3, 0.4) is 0 Å². The second kappa shape index (κ2) is 5.41. The van der Waals surface area contributed by atoms with E-state index in [4.69, 9.17) is 4.74 Å². The summed E-state index contributed by atoms with van der Waals surface area (Å²) in [6.07, 6.45) is 4.13. The van der Waals surface area contributed by atoms with Gasteiger partial charge in [0.1, 0.15) is 0 Å². The largest absolute Gasteiger partial charge is 0.465 e. The SMILES string of the molecule is COC(=O)c1cccc(N2C(=O)[C@@H]3[C@@H](C2=O)[C@@H]2C=C[C@@H]3C2=C(C)C)c1. The molecule has 1 saturated carbocycles. The zero-order valence-corrected chi connectivity index (χ0v) is 14.4. The highest BCUT2D eigenvalue weighted by molar-refractivity contribution is 6.23. The first-order valence-corrected chi connectivity index (χ1v) is 8.37. The van der Waals surface area contributed by atoms with Gasteiger partial charge < -0.3 is 4.74 Å². The van der Waals surface area contributed by atoms with Crippen molar-refractivity contribution in [2.24, 2.45) is 23.7 Å². The molecular formula is C20H19NO4. The number of nitrogens with zero attached hydrogens (tertiary/aromatic N) is 1. The van der Waals surface area contributed by atoms with Gasteiger partial charge in [0.15, 0.2) is 0 Å². The summed E-state index contributed by atoms with van der Waals surface area (Å²) >= 11 is 0. The van der Waals surface area contributed by atoms with Crippen LogP contribution < -0.4 is 4.90 Å². The lowest BCUT2D eigenvalue weighted by molar-refractivity contribution is -0.122. The summed E-state index contributed by atoms with van der Waals surface area (Å²) in [5.74, 6) is -1.45. The highest BCUT2D eigenvalue weighted by Crippen LogP contribution is 2.57. The number of ether oxygens (including phenoxy) is 1. The van der Waals surface area contributed by atoms with Gasteiger partial charge in [0.2, 0.25) is 11.8 Å². The molecule has 1 aliphatic heterocycles. The number of fused-ring (bicyclic) bond motifs is 5. The molecule has 128 valence electrons. The number of methoxy groups -OCH3 is 1. The smallest absolute Gasteiger partial charge is 0.337 e. The van der Waals surface area contributed by atoms with Crippen molar-refractivity contribution in [3.63, 3.8) is 0 Å². The maximum atomic E-state index is 13.0. The minimum Gasteiger partial charge on any atom is -0.465 e. The number of anilines is 1. The molecule has 0 N–H and O–H groups in total. The first-order valence-electron chi connectivity index (χ1n) is 8.37. The standard InChI is InChI=1S/C20H19NO4/c1-10(2)15-13-7-8-14(15)17-16(13)18(22)21(19(17)23)12-6-4-5-11(9-12)20(24)25-3/h4-9,13-14,16-17H,1-3H3/t13-,14-,16+,17+/m1/s1. The molecule has 3 aliphatic rings. The Morgan fingerprint density at radius 3 is 2.16 bits per heavy atom. The number of carbonyl (C=O) groups excluding carboxylic acids is 3. The van der Waals surface area contributed by atoms with E-state index in [9.17, 15) is 14.4 Å². The van der Waals surface area contributed by atoms with E-state index in [0.29, 0.717) is 11.3 Å². The predicted molar refractivity (Wildman–Crippen MR) is 91.7 cm³/mol. The van der Waals surface area contributed by atoms with Gasteiger partial charge >= 0.3 is 5.97 Å². The second-order valence-corrected chi connectivity index (χ2v) is 7.00. The Morgan fingerprint density at radius 2 is 1.64 bits per heavy atom. The number of hydrogen-bond donors (Lipinski definition) is 0. The molecule has 4 rings (SSSR count). The summed E-state index contributed by atoms with van der Waals surface area (Å²) in [4.78, 5) is 39.1. The molecule has 0 radical (unpaired) electrons. The van der Waals surface area contributed by atoms with Gasteiger partial charge in [0.25, 0.3) is 0 Å². The fraction of sp³-hybridized carbons (Fsp3) is 0.350. The van der Waals surface area contributed by atoms with Gasteiger partial charge in [0, 0.05) is 11.8 Å². The minimum atomic E-state index is -0.491. The Labute approximate surface area is 146 Å². The number of carbonyl (C=O) groups is 3. The third kappa shape index (κ3) is 2.05. The Balaban J connectivity index is 1.73. The Hall–Kier alpha value is -2.69. The third-order valence-electron chi connectivity index (χ3n) is 5.52. The second-order valence-electron chi connectivity index (χ2n) is 7.00. The number of benzene rings is 1. The lowest BCUT2D eigenvalue weighted by atomic mass is 9.85. The van der Waals surface area contributed by atoms with Crippen molar-refractivity contribution in [2.45, 2.75) is 13.8 Å². The summed E-state index contributed by atoms with van der Waals surface area (Å²) in [5, 5.41) is 0. The number of esters is 1. The van der Waals surface area contributed by atoms with Gasteiger partial charge in [-0.15, -0.1) is 0 Å². The average molecular weight is 337 g/mol. The van der Waals surface area contributed by atoms with E-state index in [1.165, 1.54) is 23.2 Å². The molecule has 0 aromatic heterocycles. The summed E-state index contributed by atoms with van der Waals surface area (Å²) in [7, 11) is 1.30. The van der Waals surface area contributed by atoms with Gasteiger partial charge in [-0.25, -0.2) is 9.69 Å². The minimum absolute atomic E-state index is 0.0187. The highest BCUT2D eigenvalue weighted by atomic mass is 16.5. The van der Waals surface area contributed by atoms with E-state index in [1.54, 1.807) is 24.3 Å². The molecule has 2 bridgehead atoms. The van der Waals surface area contributed by atoms with Gasteiger partial charge in [-0.1, -0.05) is 29.4 Å². The molecule has 0 spiro atoms. The molecule has 0 unspecified atom stereocenters. The van der Waals surface area contributed by atoms with Crippen molar-refractivity contribution in [1.29, 1.82) is 0 Å². The zero-order valence-electron chi connectivity index (χ0n) is 14.4. The fourth-order valence-corrected chi connectivity index (χ4v) is 4.57. The van der Waals surface area contributed by atoms with Crippen LogP contribution in [0.25, 0.3) is 0 Å². The van der Waals surface area contributed by atoms with Crippen molar-refractivity contribution in [3.05, 3.63) is 53.1 Å². The van der Waals surface area contributed by atoms with E-state index in [2.05, 4.69) is 12.2 Å². The quantitative estimate of drug-likeness (QED) is 0.473. The third-order valence-corrected chi connectivity index (χ3v) is 5.52. The van der Waals surface area contributed by atoms with Crippen LogP contribution in [0.2, 0.25) is 0 Å². The van der Waals surface area contributed by atoms with Crippen molar-refractivity contribution in [1.82, 2.24) is 0 Å². The Bertz CT molecular complexity index is 828. The van der Waals surface area contributed by atoms with Crippen LogP contribution in [0, 0.1) is 23.7 Å². The molecule has 5 heteroatoms. The van der Waals surface area contributed by atoms with E-state index >= 15 is 0 Å². The molecule has 25 heavy (non-hydrogen) atoms. The monoisotopic (exact) mass is 337 g/mol. The van der Waals surface area contributed by atoms with E-state index < -0.39 is 5.97 Å². The number of rotatable bonds is 2. The predicted octanol–water partition coefficient (Wildman–Crippen LogP) is 2.73. The summed E-state index contributed by atoms with van der Waals surface area (Å²) in [5.41, 5.74) is 3.17. The van der Waals surface area contributed by atoms with Crippen LogP contribution in [0.4, 0.5) is 5.69 Å². The number of amides is 2. The summed E-state index contributed by atoms with van der Waals surface area (Å²) < 4.78 is 4.72. The van der Waals surface area contributed by atoms with Crippen molar-refractivity contribution >= 4 is 23.5 Å². The summed E-state index contributed by atoms with van der Waals surface area (Å²) in [6.45, 7) is 4.08. The molecular weight excluding hydrogens is 318 g/mol. The van der Waals surface area contributed by atoms with Gasteiger partial charge in [-0.2, -0.15) is 0 Å². The Morgan fingerprint density at radius 1 is 1.04 bits per heavy atom. The lowest BCUT2D eigenvalue weighted by Crippen LogP contribution is -2.33. The fourth-order valence-electron chi connectivity index (χ4n) is 4.57. The van der Waals surface area contributed by atoms with Crippen molar-refractivity contribution in [3.8, 4) is 0 Å². The zero-order chi connectivity index (χ0) is 17.9. The van der Waals surface area contributed by atoms with Crippen molar-refractivity contribution < 1.29 is 19.1 Å². The van der Waals surface area contributed by atoms with Crippen LogP contribution >= 0.6 is 0 Å². The van der Waals surface area contributed by atoms with Crippen LogP contribution in [-0.4, -0.2) is 24.9 Å². The molecule has 1 heterocycles. The molecule has 2 fully saturated rings. The molecule has 1 saturated heterocycles. The maximum absolute atomic E-state index is 13.0. The van der Waals surface area contributed by atoms with E-state index in [0.717, 1.165) is 0 Å². The topological polar surface area (TPSA) is 63.7 Å². The van der Waals surface area contributed by atoms with Gasteiger partial charge in [0.05, 0.1) is 30.2 Å². The van der Waals surface area contributed by atoms with Crippen LogP contribution in [0.1, 0.15) is 24.2 Å². The lowest BCUT2D eigenvalue weighted by Gasteiger charge is -2.19. The van der Waals surface area contributed by atoms with Crippen LogP contribution in [0.5, 0.6) is 0 Å². The summed E-state index contributed by atoms with van der Waals surface area (Å²) in [6, 6.07) is 6.48. The van der Waals surface area contributed by atoms with Gasteiger partial charge in [-0.3, -0.25) is 9.59 Å². The number of imide groups is 1. The molecule has 1 aromatic carbocycles. The normalized spacial score (nSPS) is 29.4. The number of allylic oxidation sites excluding steroid dienone is 4.